The molecule has 0 aliphatic carbocycles. The number of hydrogen-bond donors (Lipinski definition) is 0. The van der Waals surface area contributed by atoms with Crippen LogP contribution in [0.3, 0.4) is 0 Å². The molecule has 1 aromatic rings. The van der Waals surface area contributed by atoms with E-state index in [0.717, 1.165) is 18.4 Å². The summed E-state index contributed by atoms with van der Waals surface area (Å²) in [5.74, 6) is -0.126. The Morgan fingerprint density at radius 3 is 2.81 bits per heavy atom. The highest BCUT2D eigenvalue weighted by Gasteiger charge is 2.26. The Kier molecular flexibility index (Phi) is 4.47. The third-order valence-electron chi connectivity index (χ3n) is 2.78. The van der Waals surface area contributed by atoms with Crippen molar-refractivity contribution in [2.24, 2.45) is 5.41 Å². The summed E-state index contributed by atoms with van der Waals surface area (Å²) in [4.78, 5) is 15.7. The van der Waals surface area contributed by atoms with Crippen LogP contribution in [0.2, 0.25) is 0 Å². The van der Waals surface area contributed by atoms with Crippen molar-refractivity contribution < 1.29 is 9.53 Å². The highest BCUT2D eigenvalue weighted by Crippen LogP contribution is 2.21. The Balaban J connectivity index is 2.34. The summed E-state index contributed by atoms with van der Waals surface area (Å²) in [6.07, 6.45) is 5.03. The van der Waals surface area contributed by atoms with Gasteiger partial charge >= 0.3 is 5.97 Å². The third kappa shape index (κ3) is 3.65. The minimum atomic E-state index is -0.380. The van der Waals surface area contributed by atoms with Crippen LogP contribution >= 0.6 is 0 Å². The van der Waals surface area contributed by atoms with E-state index in [4.69, 9.17) is 4.74 Å². The zero-order valence-electron chi connectivity index (χ0n) is 10.2. The molecule has 1 rings (SSSR count). The van der Waals surface area contributed by atoms with Gasteiger partial charge in [-0.05, 0) is 31.9 Å². The van der Waals surface area contributed by atoms with Gasteiger partial charge in [-0.3, -0.25) is 9.78 Å². The number of ether oxygens (including phenoxy) is 1. The van der Waals surface area contributed by atoms with E-state index in [0.29, 0.717) is 6.61 Å². The molecule has 1 aromatic heterocycles. The van der Waals surface area contributed by atoms with Crippen LogP contribution < -0.4 is 0 Å². The van der Waals surface area contributed by atoms with Gasteiger partial charge in [-0.1, -0.05) is 13.0 Å². The molecule has 16 heavy (non-hydrogen) atoms. The summed E-state index contributed by atoms with van der Waals surface area (Å²) in [6, 6.07) is 3.86. The van der Waals surface area contributed by atoms with Crippen molar-refractivity contribution in [3.63, 3.8) is 0 Å². The van der Waals surface area contributed by atoms with E-state index < -0.39 is 0 Å². The molecule has 3 heteroatoms. The molecule has 0 saturated heterocycles. The molecule has 3 nitrogen and oxygen atoms in total. The molecule has 0 aliphatic rings. The SMILES string of the molecule is CCC(C)(C)C(=O)OCCc1cccnc1. The maximum atomic E-state index is 11.6. The van der Waals surface area contributed by atoms with Gasteiger partial charge in [0.25, 0.3) is 0 Å². The van der Waals surface area contributed by atoms with E-state index >= 15 is 0 Å². The molecule has 0 bridgehead atoms. The van der Waals surface area contributed by atoms with Crippen LogP contribution in [0.25, 0.3) is 0 Å². The predicted molar refractivity (Wildman–Crippen MR) is 63.0 cm³/mol. The second-order valence-corrected chi connectivity index (χ2v) is 4.48. The molecule has 0 amide bonds. The number of carbonyl (C=O) groups is 1. The van der Waals surface area contributed by atoms with E-state index in [2.05, 4.69) is 4.98 Å². The quantitative estimate of drug-likeness (QED) is 0.717. The van der Waals surface area contributed by atoms with Gasteiger partial charge in [0.1, 0.15) is 0 Å². The number of pyridine rings is 1. The second kappa shape index (κ2) is 5.64. The second-order valence-electron chi connectivity index (χ2n) is 4.48. The lowest BCUT2D eigenvalue weighted by Gasteiger charge is -2.20. The molecule has 0 aromatic carbocycles. The Morgan fingerprint density at radius 2 is 2.25 bits per heavy atom. The number of hydrogen-bond acceptors (Lipinski definition) is 3. The Morgan fingerprint density at radius 1 is 1.50 bits per heavy atom. The molecule has 0 radical (unpaired) electrons. The first kappa shape index (κ1) is 12.7. The molecule has 0 spiro atoms. The molecule has 0 aliphatic heterocycles. The topological polar surface area (TPSA) is 39.2 Å². The lowest BCUT2D eigenvalue weighted by molar-refractivity contribution is -0.154. The van der Waals surface area contributed by atoms with Gasteiger partial charge in [0, 0.05) is 18.8 Å². The van der Waals surface area contributed by atoms with Crippen molar-refractivity contribution in [3.05, 3.63) is 30.1 Å². The van der Waals surface area contributed by atoms with Gasteiger partial charge in [-0.15, -0.1) is 0 Å². The van der Waals surface area contributed by atoms with Crippen molar-refractivity contribution >= 4 is 5.97 Å². The van der Waals surface area contributed by atoms with Crippen molar-refractivity contribution in [2.45, 2.75) is 33.6 Å². The monoisotopic (exact) mass is 221 g/mol. The fourth-order valence-electron chi connectivity index (χ4n) is 1.15. The number of aromatic nitrogens is 1. The number of esters is 1. The zero-order chi connectivity index (χ0) is 12.0. The Bertz CT molecular complexity index is 333. The maximum absolute atomic E-state index is 11.6. The smallest absolute Gasteiger partial charge is 0.311 e. The standard InChI is InChI=1S/C13H19NO2/c1-4-13(2,3)12(15)16-9-7-11-6-5-8-14-10-11/h5-6,8,10H,4,7,9H2,1-3H3. The summed E-state index contributed by atoms with van der Waals surface area (Å²) in [7, 11) is 0. The first-order valence-electron chi connectivity index (χ1n) is 5.62. The highest BCUT2D eigenvalue weighted by molar-refractivity contribution is 5.75. The average Bonchev–Trinajstić information content (AvgIpc) is 2.30. The largest absolute Gasteiger partial charge is 0.465 e. The fourth-order valence-corrected chi connectivity index (χ4v) is 1.15. The van der Waals surface area contributed by atoms with Gasteiger partial charge in [-0.2, -0.15) is 0 Å². The van der Waals surface area contributed by atoms with E-state index in [9.17, 15) is 4.79 Å². The van der Waals surface area contributed by atoms with Crippen LogP contribution in [0.1, 0.15) is 32.8 Å². The molecular formula is C13H19NO2. The lowest BCUT2D eigenvalue weighted by atomic mass is 9.91. The molecule has 0 fully saturated rings. The third-order valence-corrected chi connectivity index (χ3v) is 2.78. The van der Waals surface area contributed by atoms with Crippen molar-refractivity contribution in [1.82, 2.24) is 4.98 Å². The van der Waals surface area contributed by atoms with E-state index in [1.165, 1.54) is 0 Å². The summed E-state index contributed by atoms with van der Waals surface area (Å²) in [6.45, 7) is 6.22. The fraction of sp³-hybridized carbons (Fsp3) is 0.538. The van der Waals surface area contributed by atoms with Gasteiger partial charge in [0.05, 0.1) is 12.0 Å². The first-order chi connectivity index (χ1) is 7.56. The Hall–Kier alpha value is -1.38. The summed E-state index contributed by atoms with van der Waals surface area (Å²) >= 11 is 0. The number of rotatable bonds is 5. The van der Waals surface area contributed by atoms with Gasteiger partial charge < -0.3 is 4.74 Å². The van der Waals surface area contributed by atoms with Crippen molar-refractivity contribution in [2.75, 3.05) is 6.61 Å². The minimum Gasteiger partial charge on any atom is -0.465 e. The van der Waals surface area contributed by atoms with E-state index in [1.54, 1.807) is 12.4 Å². The van der Waals surface area contributed by atoms with Gasteiger partial charge in [-0.25, -0.2) is 0 Å². The van der Waals surface area contributed by atoms with Crippen molar-refractivity contribution in [3.8, 4) is 0 Å². The highest BCUT2D eigenvalue weighted by atomic mass is 16.5. The van der Waals surface area contributed by atoms with Crippen molar-refractivity contribution in [1.29, 1.82) is 0 Å². The van der Waals surface area contributed by atoms with E-state index in [1.807, 2.05) is 32.9 Å². The van der Waals surface area contributed by atoms with Crippen LogP contribution in [0.4, 0.5) is 0 Å². The van der Waals surface area contributed by atoms with Crippen LogP contribution in [0, 0.1) is 5.41 Å². The number of carbonyl (C=O) groups excluding carboxylic acids is 1. The summed E-state index contributed by atoms with van der Waals surface area (Å²) in [5, 5.41) is 0. The molecule has 0 atom stereocenters. The molecule has 0 N–H and O–H groups in total. The predicted octanol–water partition coefficient (Wildman–Crippen LogP) is 2.60. The molecule has 0 unspecified atom stereocenters. The summed E-state index contributed by atoms with van der Waals surface area (Å²) in [5.41, 5.74) is 0.708. The summed E-state index contributed by atoms with van der Waals surface area (Å²) < 4.78 is 5.23. The maximum Gasteiger partial charge on any atom is 0.311 e. The van der Waals surface area contributed by atoms with Crippen LogP contribution in [0.5, 0.6) is 0 Å². The molecule has 88 valence electrons. The Labute approximate surface area is 96.8 Å². The minimum absolute atomic E-state index is 0.126. The number of nitrogens with zero attached hydrogens (tertiary/aromatic N) is 1. The lowest BCUT2D eigenvalue weighted by Crippen LogP contribution is -2.26. The van der Waals surface area contributed by atoms with Crippen LogP contribution in [-0.4, -0.2) is 17.6 Å². The van der Waals surface area contributed by atoms with Crippen LogP contribution in [0.15, 0.2) is 24.5 Å². The zero-order valence-corrected chi connectivity index (χ0v) is 10.2. The van der Waals surface area contributed by atoms with Gasteiger partial charge in [0.15, 0.2) is 0 Å². The average molecular weight is 221 g/mol. The molecular weight excluding hydrogens is 202 g/mol. The normalized spacial score (nSPS) is 11.2. The van der Waals surface area contributed by atoms with E-state index in [-0.39, 0.29) is 11.4 Å². The van der Waals surface area contributed by atoms with Crippen LogP contribution in [-0.2, 0) is 16.0 Å². The molecule has 0 saturated carbocycles. The first-order valence-corrected chi connectivity index (χ1v) is 5.62. The molecule has 1 heterocycles. The van der Waals surface area contributed by atoms with Gasteiger partial charge in [0.2, 0.25) is 0 Å².